The highest BCUT2D eigenvalue weighted by Gasteiger charge is 2.22. The maximum atomic E-state index is 13.9. The minimum absolute atomic E-state index is 0.0880. The van der Waals surface area contributed by atoms with E-state index in [2.05, 4.69) is 15.2 Å². The first-order valence-corrected chi connectivity index (χ1v) is 10.5. The molecular weight excluding hydrogens is 455 g/mol. The number of aromatic amines is 1. The molecule has 2 heterocycles. The highest BCUT2D eigenvalue weighted by molar-refractivity contribution is 7.14. The van der Waals surface area contributed by atoms with Crippen molar-refractivity contribution in [1.82, 2.24) is 15.2 Å². The molecule has 168 valence electrons. The third-order valence-electron chi connectivity index (χ3n) is 4.85. The van der Waals surface area contributed by atoms with Crippen molar-refractivity contribution in [2.24, 2.45) is 0 Å². The van der Waals surface area contributed by atoms with E-state index in [1.165, 1.54) is 23.6 Å². The van der Waals surface area contributed by atoms with Gasteiger partial charge in [-0.1, -0.05) is 11.3 Å². The topological polar surface area (TPSA) is 84.9 Å². The van der Waals surface area contributed by atoms with Crippen LogP contribution < -0.4 is 4.74 Å². The van der Waals surface area contributed by atoms with Gasteiger partial charge in [-0.05, 0) is 30.3 Å². The summed E-state index contributed by atoms with van der Waals surface area (Å²) in [7, 11) is 1.58. The predicted octanol–water partition coefficient (Wildman–Crippen LogP) is 5.01. The number of benzene rings is 2. The van der Waals surface area contributed by atoms with Crippen molar-refractivity contribution in [1.29, 1.82) is 0 Å². The van der Waals surface area contributed by atoms with Crippen molar-refractivity contribution in [3.05, 3.63) is 87.9 Å². The Balaban J connectivity index is 1.41. The van der Waals surface area contributed by atoms with E-state index in [1.54, 1.807) is 7.11 Å². The number of hydrogen-bond donors (Lipinski definition) is 1. The molecule has 0 aliphatic carbocycles. The number of methoxy groups -OCH3 is 1. The number of hydrogen-bond acceptors (Lipinski definition) is 6. The molecule has 0 fully saturated rings. The quantitative estimate of drug-likeness (QED) is 0.366. The number of Topliss-reactive ketones (excluding diaryl/α,β-unsaturated/α-hetero) is 1. The molecule has 2 aromatic heterocycles. The molecule has 0 spiro atoms. The van der Waals surface area contributed by atoms with Gasteiger partial charge in [-0.2, -0.15) is 0 Å². The molecule has 10 heteroatoms. The number of aryl methyl sites for hydroxylation is 1. The first kappa shape index (κ1) is 22.4. The second-order valence-corrected chi connectivity index (χ2v) is 8.09. The number of rotatable bonds is 8. The highest BCUT2D eigenvalue weighted by Crippen LogP contribution is 2.26. The van der Waals surface area contributed by atoms with Gasteiger partial charge in [-0.3, -0.25) is 9.59 Å². The Labute approximate surface area is 190 Å². The van der Waals surface area contributed by atoms with Gasteiger partial charge in [0.2, 0.25) is 0 Å². The van der Waals surface area contributed by atoms with E-state index in [9.17, 15) is 22.8 Å². The average Bonchev–Trinajstić information content (AvgIpc) is 3.47. The summed E-state index contributed by atoms with van der Waals surface area (Å²) in [6.07, 6.45) is 1.60. The summed E-state index contributed by atoms with van der Waals surface area (Å²) in [5.74, 6) is -4.32. The molecule has 0 aliphatic rings. The van der Waals surface area contributed by atoms with Crippen molar-refractivity contribution in [2.75, 3.05) is 7.11 Å². The zero-order valence-electron chi connectivity index (χ0n) is 17.2. The van der Waals surface area contributed by atoms with E-state index in [0.29, 0.717) is 28.6 Å². The Hall–Kier alpha value is -3.79. The van der Waals surface area contributed by atoms with Crippen molar-refractivity contribution >= 4 is 22.9 Å². The summed E-state index contributed by atoms with van der Waals surface area (Å²) in [4.78, 5) is 27.6. The lowest BCUT2D eigenvalue weighted by molar-refractivity contribution is 0.0978. The van der Waals surface area contributed by atoms with E-state index in [4.69, 9.17) is 4.74 Å². The van der Waals surface area contributed by atoms with Gasteiger partial charge >= 0.3 is 0 Å². The van der Waals surface area contributed by atoms with Gasteiger partial charge in [-0.15, -0.1) is 10.2 Å². The second-order valence-electron chi connectivity index (χ2n) is 7.03. The van der Waals surface area contributed by atoms with E-state index >= 15 is 0 Å². The third kappa shape index (κ3) is 4.85. The van der Waals surface area contributed by atoms with E-state index < -0.39 is 28.8 Å². The lowest BCUT2D eigenvalue weighted by Gasteiger charge is -2.02. The summed E-state index contributed by atoms with van der Waals surface area (Å²) < 4.78 is 46.0. The zero-order chi connectivity index (χ0) is 23.5. The van der Waals surface area contributed by atoms with Crippen LogP contribution in [0.25, 0.3) is 10.6 Å². The smallest absolute Gasteiger partial charge is 0.200 e. The number of carbonyl (C=O) groups excluding carboxylic acids is 2. The normalized spacial score (nSPS) is 10.9. The van der Waals surface area contributed by atoms with Crippen molar-refractivity contribution in [2.45, 2.75) is 12.8 Å². The van der Waals surface area contributed by atoms with Gasteiger partial charge in [-0.25, -0.2) is 13.2 Å². The Morgan fingerprint density at radius 2 is 1.73 bits per heavy atom. The molecular formula is C23H16F3N3O3S. The molecule has 0 saturated carbocycles. The lowest BCUT2D eigenvalue weighted by Crippen LogP contribution is -2.07. The first-order chi connectivity index (χ1) is 15.9. The van der Waals surface area contributed by atoms with Crippen LogP contribution >= 0.6 is 11.3 Å². The van der Waals surface area contributed by atoms with Crippen LogP contribution in [0.3, 0.4) is 0 Å². The molecule has 33 heavy (non-hydrogen) atoms. The number of ketones is 2. The van der Waals surface area contributed by atoms with Crippen LogP contribution in [0.15, 0.2) is 48.7 Å². The van der Waals surface area contributed by atoms with Crippen LogP contribution in [0.2, 0.25) is 0 Å². The molecule has 0 radical (unpaired) electrons. The fraction of sp³-hybridized carbons (Fsp3) is 0.130. The monoisotopic (exact) mass is 471 g/mol. The van der Waals surface area contributed by atoms with Crippen LogP contribution in [0.4, 0.5) is 13.2 Å². The summed E-state index contributed by atoms with van der Waals surface area (Å²) in [6.45, 7) is 0. The van der Waals surface area contributed by atoms with Crippen LogP contribution in [-0.4, -0.2) is 33.9 Å². The third-order valence-corrected chi connectivity index (χ3v) is 5.88. The minimum Gasteiger partial charge on any atom is -0.497 e. The van der Waals surface area contributed by atoms with Crippen LogP contribution in [-0.2, 0) is 6.42 Å². The molecule has 0 bridgehead atoms. The number of halogens is 3. The predicted molar refractivity (Wildman–Crippen MR) is 115 cm³/mol. The van der Waals surface area contributed by atoms with E-state index in [-0.39, 0.29) is 23.5 Å². The largest absolute Gasteiger partial charge is 0.497 e. The zero-order valence-corrected chi connectivity index (χ0v) is 18.0. The van der Waals surface area contributed by atoms with Crippen molar-refractivity contribution in [3.8, 4) is 16.3 Å². The van der Waals surface area contributed by atoms with Crippen molar-refractivity contribution in [3.63, 3.8) is 0 Å². The standard InChI is InChI=1S/C23H16F3N3O3S/c1-32-15-4-2-12(3-5-15)23-29-28-20(33-23)7-6-19(30)18-8-13(11-27-18)22(31)21-16(25)9-14(24)10-17(21)26/h2-5,8-11,27H,6-7H2,1H3. The molecule has 6 nitrogen and oxygen atoms in total. The number of carbonyl (C=O) groups is 2. The van der Waals surface area contributed by atoms with E-state index in [0.717, 1.165) is 11.3 Å². The van der Waals surface area contributed by atoms with Gasteiger partial charge in [0.1, 0.15) is 33.2 Å². The Bertz CT molecular complexity index is 1310. The molecule has 4 aromatic rings. The Morgan fingerprint density at radius 1 is 1.03 bits per heavy atom. The van der Waals surface area contributed by atoms with Gasteiger partial charge in [0.15, 0.2) is 11.6 Å². The van der Waals surface area contributed by atoms with E-state index in [1.807, 2.05) is 24.3 Å². The number of ether oxygens (including phenoxy) is 1. The highest BCUT2D eigenvalue weighted by atomic mass is 32.1. The number of aromatic nitrogens is 3. The van der Waals surface area contributed by atoms with Gasteiger partial charge in [0, 0.05) is 42.3 Å². The maximum Gasteiger partial charge on any atom is 0.200 e. The SMILES string of the molecule is COc1ccc(-c2nnc(CCC(=O)c3cc(C(=O)c4c(F)cc(F)cc4F)c[nH]3)s2)cc1. The summed E-state index contributed by atoms with van der Waals surface area (Å²) in [5.41, 5.74) is -0.00499. The van der Waals surface area contributed by atoms with Gasteiger partial charge < -0.3 is 9.72 Å². The molecule has 0 atom stereocenters. The molecule has 0 amide bonds. The second kappa shape index (κ2) is 9.37. The Morgan fingerprint density at radius 3 is 2.39 bits per heavy atom. The van der Waals surface area contributed by atoms with Crippen LogP contribution in [0.5, 0.6) is 5.75 Å². The summed E-state index contributed by atoms with van der Waals surface area (Å²) in [5, 5.41) is 9.61. The molecule has 2 aromatic carbocycles. The van der Waals surface area contributed by atoms with Gasteiger partial charge in [0.25, 0.3) is 0 Å². The number of nitrogens with zero attached hydrogens (tertiary/aromatic N) is 2. The van der Waals surface area contributed by atoms with Crippen LogP contribution in [0, 0.1) is 17.5 Å². The molecule has 1 N–H and O–H groups in total. The van der Waals surface area contributed by atoms with Crippen LogP contribution in [0.1, 0.15) is 37.8 Å². The van der Waals surface area contributed by atoms with Gasteiger partial charge in [0.05, 0.1) is 18.4 Å². The Kier molecular flexibility index (Phi) is 6.36. The number of nitrogens with one attached hydrogen (secondary N) is 1. The molecule has 0 saturated heterocycles. The molecule has 4 rings (SSSR count). The summed E-state index contributed by atoms with van der Waals surface area (Å²) >= 11 is 1.35. The minimum atomic E-state index is -1.31. The average molecular weight is 471 g/mol. The number of H-pyrrole nitrogens is 1. The first-order valence-electron chi connectivity index (χ1n) is 9.73. The fourth-order valence-electron chi connectivity index (χ4n) is 3.15. The maximum absolute atomic E-state index is 13.9. The summed E-state index contributed by atoms with van der Waals surface area (Å²) in [6, 6.07) is 9.42. The fourth-order valence-corrected chi connectivity index (χ4v) is 3.99. The lowest BCUT2D eigenvalue weighted by atomic mass is 10.0. The molecule has 0 aliphatic heterocycles. The molecule has 0 unspecified atom stereocenters. The van der Waals surface area contributed by atoms with Crippen molar-refractivity contribution < 1.29 is 27.5 Å².